The maximum Gasteiger partial charge on any atom is 0.312 e. The van der Waals surface area contributed by atoms with Crippen LogP contribution < -0.4 is 5.73 Å². The van der Waals surface area contributed by atoms with Crippen LogP contribution in [0.1, 0.15) is 17.0 Å². The van der Waals surface area contributed by atoms with Crippen LogP contribution in [0.15, 0.2) is 23.1 Å². The summed E-state index contributed by atoms with van der Waals surface area (Å²) in [5.74, 6) is -2.12. The van der Waals surface area contributed by atoms with Crippen molar-refractivity contribution in [1.82, 2.24) is 0 Å². The highest BCUT2D eigenvalue weighted by molar-refractivity contribution is 7.90. The molecule has 0 fully saturated rings. The SMILES string of the molecule is Cc1ccc(C(CN)C(=O)O)c(S(C)(=O)=O)c1. The van der Waals surface area contributed by atoms with E-state index >= 15 is 0 Å². The standard InChI is InChI=1S/C11H15NO4S/c1-7-3-4-8(9(6-12)11(13)14)10(5-7)17(2,15)16/h3-5,9H,6,12H2,1-2H3,(H,13,14). The molecule has 1 atom stereocenters. The number of nitrogens with two attached hydrogens (primary N) is 1. The summed E-state index contributed by atoms with van der Waals surface area (Å²) in [6.07, 6.45) is 1.06. The van der Waals surface area contributed by atoms with Crippen LogP contribution in [0.25, 0.3) is 0 Å². The first-order chi connectivity index (χ1) is 7.77. The molecule has 3 N–H and O–H groups in total. The number of hydrogen-bond donors (Lipinski definition) is 2. The van der Waals surface area contributed by atoms with Gasteiger partial charge in [0.25, 0.3) is 0 Å². The largest absolute Gasteiger partial charge is 0.481 e. The highest BCUT2D eigenvalue weighted by Crippen LogP contribution is 2.25. The molecule has 0 saturated carbocycles. The van der Waals surface area contributed by atoms with Crippen LogP contribution in [0.4, 0.5) is 0 Å². The van der Waals surface area contributed by atoms with Crippen molar-refractivity contribution in [2.45, 2.75) is 17.7 Å². The van der Waals surface area contributed by atoms with E-state index < -0.39 is 21.7 Å². The quantitative estimate of drug-likeness (QED) is 0.819. The molecular weight excluding hydrogens is 242 g/mol. The predicted octanol–water partition coefficient (Wildman–Crippen LogP) is 0.525. The van der Waals surface area contributed by atoms with Crippen LogP contribution >= 0.6 is 0 Å². The Hall–Kier alpha value is -1.40. The van der Waals surface area contributed by atoms with Crippen molar-refractivity contribution in [1.29, 1.82) is 0 Å². The molecule has 17 heavy (non-hydrogen) atoms. The van der Waals surface area contributed by atoms with Gasteiger partial charge in [0, 0.05) is 12.8 Å². The first-order valence-corrected chi connectivity index (χ1v) is 6.90. The Morgan fingerprint density at radius 3 is 2.47 bits per heavy atom. The van der Waals surface area contributed by atoms with E-state index in [0.717, 1.165) is 11.8 Å². The fourth-order valence-electron chi connectivity index (χ4n) is 1.61. The first-order valence-electron chi connectivity index (χ1n) is 5.01. The van der Waals surface area contributed by atoms with Gasteiger partial charge in [-0.15, -0.1) is 0 Å². The Balaban J connectivity index is 3.48. The summed E-state index contributed by atoms with van der Waals surface area (Å²) < 4.78 is 23.2. The summed E-state index contributed by atoms with van der Waals surface area (Å²) >= 11 is 0. The zero-order chi connectivity index (χ0) is 13.2. The zero-order valence-electron chi connectivity index (χ0n) is 9.67. The number of benzene rings is 1. The number of rotatable bonds is 4. The lowest BCUT2D eigenvalue weighted by molar-refractivity contribution is -0.138. The molecule has 0 radical (unpaired) electrons. The molecule has 0 aliphatic carbocycles. The van der Waals surface area contributed by atoms with Gasteiger partial charge >= 0.3 is 5.97 Å². The van der Waals surface area contributed by atoms with E-state index in [1.54, 1.807) is 13.0 Å². The van der Waals surface area contributed by atoms with Gasteiger partial charge in [-0.1, -0.05) is 12.1 Å². The molecule has 1 aromatic carbocycles. The van der Waals surface area contributed by atoms with Crippen LogP contribution in [-0.4, -0.2) is 32.3 Å². The molecule has 94 valence electrons. The van der Waals surface area contributed by atoms with Gasteiger partial charge in [-0.2, -0.15) is 0 Å². The molecule has 5 nitrogen and oxygen atoms in total. The van der Waals surface area contributed by atoms with Crippen LogP contribution in [-0.2, 0) is 14.6 Å². The summed E-state index contributed by atoms with van der Waals surface area (Å²) in [5, 5.41) is 9.01. The zero-order valence-corrected chi connectivity index (χ0v) is 10.5. The lowest BCUT2D eigenvalue weighted by Gasteiger charge is -2.14. The highest BCUT2D eigenvalue weighted by atomic mass is 32.2. The Labute approximate surface area is 100 Å². The number of carboxylic acid groups (broad SMARTS) is 1. The molecule has 0 aliphatic rings. The normalized spacial score (nSPS) is 13.4. The lowest BCUT2D eigenvalue weighted by Crippen LogP contribution is -2.23. The average molecular weight is 257 g/mol. The minimum Gasteiger partial charge on any atom is -0.481 e. The topological polar surface area (TPSA) is 97.5 Å². The molecule has 0 bridgehead atoms. The third kappa shape index (κ3) is 3.04. The van der Waals surface area contributed by atoms with E-state index in [1.807, 2.05) is 0 Å². The Bertz CT molecular complexity index is 536. The summed E-state index contributed by atoms with van der Waals surface area (Å²) in [7, 11) is -3.46. The molecular formula is C11H15NO4S. The second kappa shape index (κ2) is 4.85. The third-order valence-corrected chi connectivity index (χ3v) is 3.63. The van der Waals surface area contributed by atoms with Gasteiger partial charge in [0.2, 0.25) is 0 Å². The minimum atomic E-state index is -3.46. The Morgan fingerprint density at radius 1 is 1.47 bits per heavy atom. The molecule has 0 saturated heterocycles. The van der Waals surface area contributed by atoms with Gasteiger partial charge in [0.05, 0.1) is 10.8 Å². The van der Waals surface area contributed by atoms with Gasteiger partial charge < -0.3 is 10.8 Å². The maximum absolute atomic E-state index is 11.6. The van der Waals surface area contributed by atoms with E-state index in [0.29, 0.717) is 0 Å². The first kappa shape index (κ1) is 13.7. The summed E-state index contributed by atoms with van der Waals surface area (Å²) in [5.41, 5.74) is 6.38. The maximum atomic E-state index is 11.6. The van der Waals surface area contributed by atoms with E-state index in [1.165, 1.54) is 12.1 Å². The molecule has 6 heteroatoms. The van der Waals surface area contributed by atoms with Crippen LogP contribution in [0.3, 0.4) is 0 Å². The van der Waals surface area contributed by atoms with Crippen LogP contribution in [0, 0.1) is 6.92 Å². The van der Waals surface area contributed by atoms with E-state index in [2.05, 4.69) is 0 Å². The fourth-order valence-corrected chi connectivity index (χ4v) is 2.65. The average Bonchev–Trinajstić information content (AvgIpc) is 2.19. The highest BCUT2D eigenvalue weighted by Gasteiger charge is 2.24. The van der Waals surface area contributed by atoms with Crippen molar-refractivity contribution in [3.05, 3.63) is 29.3 Å². The van der Waals surface area contributed by atoms with Gasteiger partial charge in [0.1, 0.15) is 0 Å². The van der Waals surface area contributed by atoms with Gasteiger partial charge in [0.15, 0.2) is 9.84 Å². The Kier molecular flexibility index (Phi) is 3.90. The third-order valence-electron chi connectivity index (χ3n) is 2.48. The molecule has 0 heterocycles. The number of carbonyl (C=O) groups is 1. The number of aryl methyl sites for hydroxylation is 1. The number of carboxylic acids is 1. The number of aliphatic carboxylic acids is 1. The molecule has 0 aliphatic heterocycles. The lowest BCUT2D eigenvalue weighted by atomic mass is 9.98. The summed E-state index contributed by atoms with van der Waals surface area (Å²) in [4.78, 5) is 11.1. The number of sulfone groups is 1. The minimum absolute atomic E-state index is 0.0374. The van der Waals surface area contributed by atoms with Crippen LogP contribution in [0.2, 0.25) is 0 Å². The second-order valence-electron chi connectivity index (χ2n) is 3.94. The Morgan fingerprint density at radius 2 is 2.06 bits per heavy atom. The van der Waals surface area contributed by atoms with Gasteiger partial charge in [-0.3, -0.25) is 4.79 Å². The molecule has 0 aromatic heterocycles. The molecule has 0 amide bonds. The van der Waals surface area contributed by atoms with Gasteiger partial charge in [-0.05, 0) is 24.1 Å². The van der Waals surface area contributed by atoms with E-state index in [4.69, 9.17) is 10.8 Å². The predicted molar refractivity (Wildman–Crippen MR) is 63.7 cm³/mol. The van der Waals surface area contributed by atoms with Crippen LogP contribution in [0.5, 0.6) is 0 Å². The molecule has 1 rings (SSSR count). The molecule has 1 unspecified atom stereocenters. The molecule has 0 spiro atoms. The second-order valence-corrected chi connectivity index (χ2v) is 5.92. The van der Waals surface area contributed by atoms with Crippen molar-refractivity contribution < 1.29 is 18.3 Å². The van der Waals surface area contributed by atoms with E-state index in [9.17, 15) is 13.2 Å². The van der Waals surface area contributed by atoms with E-state index in [-0.39, 0.29) is 17.0 Å². The summed E-state index contributed by atoms with van der Waals surface area (Å²) in [6.45, 7) is 1.61. The van der Waals surface area contributed by atoms with Crippen molar-refractivity contribution in [2.75, 3.05) is 12.8 Å². The monoisotopic (exact) mass is 257 g/mol. The van der Waals surface area contributed by atoms with Crippen molar-refractivity contribution in [2.24, 2.45) is 5.73 Å². The van der Waals surface area contributed by atoms with Crippen molar-refractivity contribution in [3.8, 4) is 0 Å². The van der Waals surface area contributed by atoms with Gasteiger partial charge in [-0.25, -0.2) is 8.42 Å². The smallest absolute Gasteiger partial charge is 0.312 e. The summed E-state index contributed by atoms with van der Waals surface area (Å²) in [6, 6.07) is 4.66. The van der Waals surface area contributed by atoms with Crippen molar-refractivity contribution in [3.63, 3.8) is 0 Å². The van der Waals surface area contributed by atoms with Crippen molar-refractivity contribution >= 4 is 15.8 Å². The fraction of sp³-hybridized carbons (Fsp3) is 0.364. The number of hydrogen-bond acceptors (Lipinski definition) is 4. The molecule has 1 aromatic rings.